The molecule has 0 aliphatic rings. The number of aromatic nitrogens is 1. The maximum absolute atomic E-state index is 13.4. The molecular weight excluding hydrogens is 305 g/mol. The predicted molar refractivity (Wildman–Crippen MR) is 74.3 cm³/mol. The lowest BCUT2D eigenvalue weighted by molar-refractivity contribution is 0.598. The topological polar surface area (TPSA) is 85.1 Å². The van der Waals surface area contributed by atoms with Crippen LogP contribution >= 0.6 is 11.6 Å². The summed E-state index contributed by atoms with van der Waals surface area (Å²) < 4.78 is 40.0. The van der Waals surface area contributed by atoms with E-state index in [1.165, 1.54) is 24.4 Å². The summed E-state index contributed by atoms with van der Waals surface area (Å²) in [6.07, 6.45) is 2.19. The van der Waals surface area contributed by atoms with Crippen molar-refractivity contribution in [3.63, 3.8) is 0 Å². The van der Waals surface area contributed by atoms with Gasteiger partial charge in [0.2, 0.25) is 0 Å². The van der Waals surface area contributed by atoms with Crippen molar-refractivity contribution in [3.05, 3.63) is 53.1 Å². The third kappa shape index (κ3) is 3.06. The molecule has 0 saturated carbocycles. The first-order valence-electron chi connectivity index (χ1n) is 5.55. The summed E-state index contributed by atoms with van der Waals surface area (Å²) in [5, 5.41) is 0.0316. The quantitative estimate of drug-likeness (QED) is 0.905. The van der Waals surface area contributed by atoms with Crippen LogP contribution < -0.4 is 10.5 Å². The summed E-state index contributed by atoms with van der Waals surface area (Å²) in [5.41, 5.74) is 5.86. The van der Waals surface area contributed by atoms with Gasteiger partial charge in [-0.05, 0) is 23.8 Å². The molecule has 0 atom stereocenters. The number of pyridine rings is 1. The first-order valence-corrected chi connectivity index (χ1v) is 7.41. The molecule has 0 spiro atoms. The Morgan fingerprint density at radius 2 is 2.10 bits per heavy atom. The fourth-order valence-electron chi connectivity index (χ4n) is 1.54. The van der Waals surface area contributed by atoms with Crippen molar-refractivity contribution in [1.82, 2.24) is 4.98 Å². The van der Waals surface area contributed by atoms with Gasteiger partial charge >= 0.3 is 0 Å². The highest BCUT2D eigenvalue weighted by Crippen LogP contribution is 2.25. The molecule has 0 amide bonds. The van der Waals surface area contributed by atoms with Crippen LogP contribution in [0.5, 0.6) is 0 Å². The first-order chi connectivity index (χ1) is 9.44. The van der Waals surface area contributed by atoms with Crippen LogP contribution in [0.4, 0.5) is 10.1 Å². The highest BCUT2D eigenvalue weighted by atomic mass is 35.5. The molecule has 3 N–H and O–H groups in total. The number of nitrogens with one attached hydrogen (secondary N) is 1. The Morgan fingerprint density at radius 1 is 1.35 bits per heavy atom. The van der Waals surface area contributed by atoms with Crippen molar-refractivity contribution in [1.29, 1.82) is 0 Å². The van der Waals surface area contributed by atoms with Crippen molar-refractivity contribution in [2.75, 3.05) is 4.72 Å². The number of nitrogens with two attached hydrogens (primary N) is 1. The van der Waals surface area contributed by atoms with E-state index in [-0.39, 0.29) is 22.2 Å². The lowest BCUT2D eigenvalue weighted by Gasteiger charge is -2.11. The van der Waals surface area contributed by atoms with E-state index in [4.69, 9.17) is 17.3 Å². The van der Waals surface area contributed by atoms with Gasteiger partial charge in [-0.1, -0.05) is 17.7 Å². The summed E-state index contributed by atoms with van der Waals surface area (Å²) in [6, 6.07) is 5.62. The smallest absolute Gasteiger partial charge is 0.263 e. The second-order valence-electron chi connectivity index (χ2n) is 3.93. The summed E-state index contributed by atoms with van der Waals surface area (Å²) in [5.74, 6) is -0.776. The van der Waals surface area contributed by atoms with Crippen LogP contribution in [0, 0.1) is 5.82 Å². The zero-order valence-corrected chi connectivity index (χ0v) is 11.7. The van der Waals surface area contributed by atoms with Gasteiger partial charge < -0.3 is 5.73 Å². The predicted octanol–water partition coefficient (Wildman–Crippen LogP) is 2.13. The van der Waals surface area contributed by atoms with Gasteiger partial charge in [-0.15, -0.1) is 0 Å². The molecule has 0 aliphatic carbocycles. The highest BCUT2D eigenvalue weighted by Gasteiger charge is 2.20. The molecule has 106 valence electrons. The van der Waals surface area contributed by atoms with E-state index in [2.05, 4.69) is 9.71 Å². The van der Waals surface area contributed by atoms with Crippen LogP contribution in [-0.2, 0) is 16.6 Å². The number of hydrogen-bond acceptors (Lipinski definition) is 4. The molecular formula is C12H11ClFN3O2S. The van der Waals surface area contributed by atoms with Gasteiger partial charge in [0.25, 0.3) is 10.0 Å². The van der Waals surface area contributed by atoms with E-state index in [0.717, 1.165) is 6.20 Å². The Kier molecular flexibility index (Phi) is 4.22. The second kappa shape index (κ2) is 5.74. The maximum atomic E-state index is 13.4. The number of benzene rings is 1. The molecule has 0 saturated heterocycles. The third-order valence-electron chi connectivity index (χ3n) is 2.54. The SMILES string of the molecule is NCc1ccc(Cl)c(S(=O)(=O)Nc2ccncc2F)c1. The number of sulfonamides is 1. The van der Waals surface area contributed by atoms with E-state index >= 15 is 0 Å². The molecule has 0 radical (unpaired) electrons. The van der Waals surface area contributed by atoms with Crippen molar-refractivity contribution in [2.24, 2.45) is 5.73 Å². The third-order valence-corrected chi connectivity index (χ3v) is 4.38. The first kappa shape index (κ1) is 14.7. The van der Waals surface area contributed by atoms with E-state index in [1.54, 1.807) is 6.07 Å². The Hall–Kier alpha value is -1.70. The number of nitrogens with zero attached hydrogens (tertiary/aromatic N) is 1. The molecule has 8 heteroatoms. The molecule has 1 aromatic heterocycles. The zero-order valence-electron chi connectivity index (χ0n) is 10.2. The van der Waals surface area contributed by atoms with Crippen LogP contribution in [0.25, 0.3) is 0 Å². The van der Waals surface area contributed by atoms with Gasteiger partial charge in [-0.25, -0.2) is 12.8 Å². The Labute approximate surface area is 120 Å². The van der Waals surface area contributed by atoms with Crippen molar-refractivity contribution in [3.8, 4) is 0 Å². The van der Waals surface area contributed by atoms with E-state index in [9.17, 15) is 12.8 Å². The number of rotatable bonds is 4. The van der Waals surface area contributed by atoms with Crippen LogP contribution in [0.15, 0.2) is 41.6 Å². The normalized spacial score (nSPS) is 11.3. The largest absolute Gasteiger partial charge is 0.326 e. The van der Waals surface area contributed by atoms with Crippen molar-refractivity contribution >= 4 is 27.3 Å². The standard InChI is InChI=1S/C12H11ClFN3O2S/c13-9-2-1-8(6-15)5-12(9)20(18,19)17-11-3-4-16-7-10(11)14/h1-5,7H,6,15H2,(H,16,17). The minimum atomic E-state index is -4.00. The average molecular weight is 316 g/mol. The minimum absolute atomic E-state index is 0.0316. The molecule has 0 fully saturated rings. The monoisotopic (exact) mass is 315 g/mol. The van der Waals surface area contributed by atoms with Gasteiger partial charge in [0.05, 0.1) is 16.9 Å². The van der Waals surface area contributed by atoms with Gasteiger partial charge in [-0.3, -0.25) is 9.71 Å². The van der Waals surface area contributed by atoms with Crippen molar-refractivity contribution < 1.29 is 12.8 Å². The zero-order chi connectivity index (χ0) is 14.8. The minimum Gasteiger partial charge on any atom is -0.326 e. The maximum Gasteiger partial charge on any atom is 0.263 e. The number of hydrogen-bond donors (Lipinski definition) is 2. The molecule has 20 heavy (non-hydrogen) atoms. The van der Waals surface area contributed by atoms with E-state index in [1.807, 2.05) is 0 Å². The lowest BCUT2D eigenvalue weighted by Crippen LogP contribution is -2.15. The summed E-state index contributed by atoms with van der Waals surface area (Å²) in [7, 11) is -4.00. The summed E-state index contributed by atoms with van der Waals surface area (Å²) in [4.78, 5) is 3.39. The van der Waals surface area contributed by atoms with E-state index in [0.29, 0.717) is 5.56 Å². The lowest BCUT2D eigenvalue weighted by atomic mass is 10.2. The van der Waals surface area contributed by atoms with E-state index < -0.39 is 15.8 Å². The molecule has 5 nitrogen and oxygen atoms in total. The summed E-state index contributed by atoms with van der Waals surface area (Å²) >= 11 is 5.88. The molecule has 1 heterocycles. The van der Waals surface area contributed by atoms with Crippen LogP contribution in [0.2, 0.25) is 5.02 Å². The number of halogens is 2. The molecule has 0 unspecified atom stereocenters. The number of anilines is 1. The molecule has 2 aromatic rings. The fourth-order valence-corrected chi connectivity index (χ4v) is 3.16. The van der Waals surface area contributed by atoms with Gasteiger partial charge in [0, 0.05) is 12.7 Å². The van der Waals surface area contributed by atoms with Crippen LogP contribution in [0.3, 0.4) is 0 Å². The molecule has 1 aromatic carbocycles. The van der Waals surface area contributed by atoms with Gasteiger partial charge in [-0.2, -0.15) is 0 Å². The molecule has 0 bridgehead atoms. The Balaban J connectivity index is 2.43. The van der Waals surface area contributed by atoms with Crippen LogP contribution in [-0.4, -0.2) is 13.4 Å². The average Bonchev–Trinajstić information content (AvgIpc) is 2.41. The Morgan fingerprint density at radius 3 is 2.75 bits per heavy atom. The van der Waals surface area contributed by atoms with Crippen molar-refractivity contribution in [2.45, 2.75) is 11.4 Å². The Bertz CT molecular complexity index is 737. The highest BCUT2D eigenvalue weighted by molar-refractivity contribution is 7.92. The molecule has 2 rings (SSSR count). The molecule has 0 aliphatic heterocycles. The van der Waals surface area contributed by atoms with Crippen LogP contribution in [0.1, 0.15) is 5.56 Å². The second-order valence-corrected chi connectivity index (χ2v) is 5.99. The van der Waals surface area contributed by atoms with Gasteiger partial charge in [0.1, 0.15) is 4.90 Å². The summed E-state index contributed by atoms with van der Waals surface area (Å²) in [6.45, 7) is 0.170. The van der Waals surface area contributed by atoms with Gasteiger partial charge in [0.15, 0.2) is 5.82 Å². The fraction of sp³-hybridized carbons (Fsp3) is 0.0833.